The molecular weight excluding hydrogens is 84.1 g/mol. The Kier molecular flexibility index (Phi) is 0.586. The molecule has 0 aromatic carbocycles. The second kappa shape index (κ2) is 1.04. The molecule has 2 unspecified atom stereocenters. The quantitative estimate of drug-likeness (QED) is 0.433. The third-order valence-electron chi connectivity index (χ3n) is 2.70. The molecule has 2 aliphatic carbocycles. The van der Waals surface area contributed by atoms with E-state index < -0.39 is 0 Å². The summed E-state index contributed by atoms with van der Waals surface area (Å²) in [4.78, 5) is 0. The van der Waals surface area contributed by atoms with Gasteiger partial charge in [0.25, 0.3) is 0 Å². The highest BCUT2D eigenvalue weighted by atomic mass is 14.5. The zero-order chi connectivity index (χ0) is 4.85. The summed E-state index contributed by atoms with van der Waals surface area (Å²) in [5.41, 5.74) is 0. The van der Waals surface area contributed by atoms with Gasteiger partial charge in [-0.25, -0.2) is 0 Å². The molecule has 40 valence electrons. The Morgan fingerprint density at radius 2 is 2.14 bits per heavy atom. The Morgan fingerprint density at radius 3 is 2.29 bits per heavy atom. The van der Waals surface area contributed by atoms with E-state index in [1.54, 1.807) is 12.8 Å². The minimum absolute atomic E-state index is 1.09. The highest BCUT2D eigenvalue weighted by Gasteiger charge is 2.45. The summed E-state index contributed by atoms with van der Waals surface area (Å²) in [6.07, 6.45) is 4.64. The summed E-state index contributed by atoms with van der Waals surface area (Å²) in [6, 6.07) is 0. The minimum Gasteiger partial charge on any atom is -0.0622 e. The summed E-state index contributed by atoms with van der Waals surface area (Å²) < 4.78 is 0. The van der Waals surface area contributed by atoms with Crippen molar-refractivity contribution >= 4 is 0 Å². The second-order valence-corrected chi connectivity index (χ2v) is 3.21. The fourth-order valence-electron chi connectivity index (χ4n) is 1.99. The maximum atomic E-state index is 2.40. The van der Waals surface area contributed by atoms with E-state index in [2.05, 4.69) is 6.92 Å². The molecule has 2 aliphatic rings. The first-order valence-corrected chi connectivity index (χ1v) is 3.38. The molecule has 2 saturated carbocycles. The number of hydrogen-bond acceptors (Lipinski definition) is 0. The number of hydrogen-bond donors (Lipinski definition) is 0. The summed E-state index contributed by atoms with van der Waals surface area (Å²) in [5, 5.41) is 0. The van der Waals surface area contributed by atoms with Gasteiger partial charge in [-0.3, -0.25) is 0 Å². The van der Waals surface area contributed by atoms with Crippen molar-refractivity contribution in [3.8, 4) is 0 Å². The van der Waals surface area contributed by atoms with Crippen LogP contribution in [0.2, 0.25) is 0 Å². The lowest BCUT2D eigenvalue weighted by molar-refractivity contribution is 0.530. The Balaban J connectivity index is 2.08. The van der Waals surface area contributed by atoms with E-state index in [9.17, 15) is 0 Å². The van der Waals surface area contributed by atoms with Crippen LogP contribution in [-0.4, -0.2) is 0 Å². The molecule has 0 heteroatoms. The largest absolute Gasteiger partial charge is 0.0622 e. The predicted octanol–water partition coefficient (Wildman–Crippen LogP) is 2.05. The zero-order valence-corrected chi connectivity index (χ0v) is 4.85. The van der Waals surface area contributed by atoms with Crippen LogP contribution in [0.15, 0.2) is 0 Å². The van der Waals surface area contributed by atoms with E-state index in [4.69, 9.17) is 0 Å². The Morgan fingerprint density at radius 1 is 1.29 bits per heavy atom. The van der Waals surface area contributed by atoms with Crippen molar-refractivity contribution in [1.82, 2.24) is 0 Å². The van der Waals surface area contributed by atoms with Gasteiger partial charge in [0.1, 0.15) is 0 Å². The van der Waals surface area contributed by atoms with Crippen LogP contribution in [0, 0.1) is 17.8 Å². The molecule has 2 fully saturated rings. The summed E-state index contributed by atoms with van der Waals surface area (Å²) >= 11 is 0. The molecule has 0 N–H and O–H groups in total. The molecule has 0 saturated heterocycles. The van der Waals surface area contributed by atoms with E-state index in [0.717, 1.165) is 5.92 Å². The van der Waals surface area contributed by atoms with E-state index in [-0.39, 0.29) is 0 Å². The van der Waals surface area contributed by atoms with Gasteiger partial charge in [0, 0.05) is 0 Å². The van der Waals surface area contributed by atoms with Crippen molar-refractivity contribution in [2.24, 2.45) is 17.8 Å². The zero-order valence-electron chi connectivity index (χ0n) is 4.85. The van der Waals surface area contributed by atoms with Crippen molar-refractivity contribution in [2.75, 3.05) is 0 Å². The average molecular weight is 96.2 g/mol. The van der Waals surface area contributed by atoms with Gasteiger partial charge in [-0.05, 0) is 30.6 Å². The van der Waals surface area contributed by atoms with Crippen LogP contribution in [0.1, 0.15) is 26.2 Å². The van der Waals surface area contributed by atoms with Crippen LogP contribution in [0.5, 0.6) is 0 Å². The van der Waals surface area contributed by atoms with Crippen molar-refractivity contribution in [3.05, 3.63) is 0 Å². The van der Waals surface area contributed by atoms with Crippen LogP contribution >= 0.6 is 0 Å². The van der Waals surface area contributed by atoms with Gasteiger partial charge in [-0.1, -0.05) is 13.3 Å². The molecule has 0 aliphatic heterocycles. The summed E-state index contributed by atoms with van der Waals surface area (Å²) in [5.74, 6) is 3.46. The molecule has 3 atom stereocenters. The SMILES string of the molecule is C[C@H]1CCC2CC21. The second-order valence-electron chi connectivity index (χ2n) is 3.21. The lowest BCUT2D eigenvalue weighted by Crippen LogP contribution is -1.88. The fourth-order valence-corrected chi connectivity index (χ4v) is 1.99. The lowest BCUT2D eigenvalue weighted by atomic mass is 10.1. The van der Waals surface area contributed by atoms with Crippen molar-refractivity contribution < 1.29 is 0 Å². The lowest BCUT2D eigenvalue weighted by Gasteiger charge is -1.98. The molecule has 0 aromatic heterocycles. The van der Waals surface area contributed by atoms with Crippen LogP contribution in [0.4, 0.5) is 0 Å². The first-order chi connectivity index (χ1) is 3.38. The van der Waals surface area contributed by atoms with Crippen LogP contribution in [0.3, 0.4) is 0 Å². The van der Waals surface area contributed by atoms with Crippen LogP contribution in [-0.2, 0) is 0 Å². The molecule has 0 spiro atoms. The molecule has 0 aromatic rings. The maximum absolute atomic E-state index is 2.40. The first-order valence-electron chi connectivity index (χ1n) is 3.38. The van der Waals surface area contributed by atoms with Crippen molar-refractivity contribution in [2.45, 2.75) is 26.2 Å². The van der Waals surface area contributed by atoms with Crippen molar-refractivity contribution in [1.29, 1.82) is 0 Å². The third-order valence-corrected chi connectivity index (χ3v) is 2.70. The van der Waals surface area contributed by atoms with Gasteiger partial charge in [-0.15, -0.1) is 0 Å². The van der Waals surface area contributed by atoms with E-state index >= 15 is 0 Å². The van der Waals surface area contributed by atoms with E-state index in [0.29, 0.717) is 0 Å². The van der Waals surface area contributed by atoms with Gasteiger partial charge in [0.2, 0.25) is 0 Å². The smallest absolute Gasteiger partial charge is 0.0357 e. The molecule has 0 amide bonds. The van der Waals surface area contributed by atoms with Gasteiger partial charge < -0.3 is 0 Å². The Labute approximate surface area is 44.9 Å². The molecule has 0 radical (unpaired) electrons. The summed E-state index contributed by atoms with van der Waals surface area (Å²) in [6.45, 7) is 2.40. The predicted molar refractivity (Wildman–Crippen MR) is 30.0 cm³/mol. The van der Waals surface area contributed by atoms with Crippen LogP contribution < -0.4 is 0 Å². The van der Waals surface area contributed by atoms with Crippen LogP contribution in [0.25, 0.3) is 0 Å². The van der Waals surface area contributed by atoms with Gasteiger partial charge in [-0.2, -0.15) is 0 Å². The van der Waals surface area contributed by atoms with Gasteiger partial charge in [0.05, 0.1) is 0 Å². The molecule has 7 heavy (non-hydrogen) atoms. The molecule has 0 heterocycles. The van der Waals surface area contributed by atoms with Gasteiger partial charge in [0.15, 0.2) is 0 Å². The first kappa shape index (κ1) is 3.94. The molecule has 0 bridgehead atoms. The summed E-state index contributed by atoms with van der Waals surface area (Å²) in [7, 11) is 0. The third kappa shape index (κ3) is 0.427. The van der Waals surface area contributed by atoms with E-state index in [1.807, 2.05) is 0 Å². The highest BCUT2D eigenvalue weighted by Crippen LogP contribution is 2.54. The Bertz CT molecular complexity index is 86.0. The molecular formula is C7H12. The van der Waals surface area contributed by atoms with Gasteiger partial charge >= 0.3 is 0 Å². The number of rotatable bonds is 0. The van der Waals surface area contributed by atoms with Crippen molar-refractivity contribution in [3.63, 3.8) is 0 Å². The minimum atomic E-state index is 1.09. The normalized spacial score (nSPS) is 57.0. The highest BCUT2D eigenvalue weighted by molar-refractivity contribution is 4.95. The van der Waals surface area contributed by atoms with E-state index in [1.165, 1.54) is 18.3 Å². The molecule has 0 nitrogen and oxygen atoms in total. The molecule has 2 rings (SSSR count). The average Bonchev–Trinajstić information content (AvgIpc) is 2.33. The standard InChI is InChI=1S/C7H12/c1-5-2-3-6-4-7(5)6/h5-7H,2-4H2,1H3/t5-,6?,7?/m0/s1. The maximum Gasteiger partial charge on any atom is -0.0357 e. The monoisotopic (exact) mass is 96.1 g/mol. The fraction of sp³-hybridized carbons (Fsp3) is 1.00. The number of fused-ring (bicyclic) bond motifs is 1. The Hall–Kier alpha value is 0. The topological polar surface area (TPSA) is 0 Å².